The van der Waals surface area contributed by atoms with Gasteiger partial charge in [-0.2, -0.15) is 0 Å². The van der Waals surface area contributed by atoms with Crippen molar-refractivity contribution in [2.24, 2.45) is 5.41 Å². The van der Waals surface area contributed by atoms with Crippen molar-refractivity contribution in [2.75, 3.05) is 5.88 Å². The zero-order valence-corrected chi connectivity index (χ0v) is 10.6. The SMILES string of the molecule is CCC1(C(=O)NC(C)CCCl)CCCC1. The molecular formula is C12H22ClNO. The van der Waals surface area contributed by atoms with Gasteiger partial charge in [0.1, 0.15) is 0 Å². The fraction of sp³-hybridized carbons (Fsp3) is 0.917. The van der Waals surface area contributed by atoms with Gasteiger partial charge in [0, 0.05) is 17.3 Å². The van der Waals surface area contributed by atoms with Crippen LogP contribution in [0.5, 0.6) is 0 Å². The third-order valence-corrected chi connectivity index (χ3v) is 3.86. The lowest BCUT2D eigenvalue weighted by molar-refractivity contribution is -0.131. The van der Waals surface area contributed by atoms with Gasteiger partial charge in [-0.05, 0) is 32.6 Å². The van der Waals surface area contributed by atoms with Crippen molar-refractivity contribution in [3.8, 4) is 0 Å². The number of amides is 1. The van der Waals surface area contributed by atoms with Gasteiger partial charge in [0.2, 0.25) is 5.91 Å². The predicted octanol–water partition coefficient (Wildman–Crippen LogP) is 3.09. The fourth-order valence-corrected chi connectivity index (χ4v) is 2.73. The van der Waals surface area contributed by atoms with Gasteiger partial charge >= 0.3 is 0 Å². The zero-order chi connectivity index (χ0) is 11.3. The number of alkyl halides is 1. The molecule has 0 aromatic carbocycles. The maximum Gasteiger partial charge on any atom is 0.226 e. The maximum absolute atomic E-state index is 12.1. The van der Waals surface area contributed by atoms with E-state index in [4.69, 9.17) is 11.6 Å². The van der Waals surface area contributed by atoms with E-state index < -0.39 is 0 Å². The summed E-state index contributed by atoms with van der Waals surface area (Å²) in [5.74, 6) is 0.862. The topological polar surface area (TPSA) is 29.1 Å². The first-order chi connectivity index (χ1) is 7.14. The first-order valence-corrected chi connectivity index (χ1v) is 6.55. The van der Waals surface area contributed by atoms with Gasteiger partial charge in [0.05, 0.1) is 0 Å². The lowest BCUT2D eigenvalue weighted by Gasteiger charge is -2.28. The van der Waals surface area contributed by atoms with Crippen LogP contribution in [0.1, 0.15) is 52.4 Å². The second kappa shape index (κ2) is 5.74. The number of hydrogen-bond donors (Lipinski definition) is 1. The molecule has 0 heterocycles. The van der Waals surface area contributed by atoms with E-state index >= 15 is 0 Å². The molecule has 0 spiro atoms. The molecule has 15 heavy (non-hydrogen) atoms. The van der Waals surface area contributed by atoms with Crippen molar-refractivity contribution < 1.29 is 4.79 Å². The van der Waals surface area contributed by atoms with Crippen molar-refractivity contribution in [2.45, 2.75) is 58.4 Å². The summed E-state index contributed by atoms with van der Waals surface area (Å²) in [6.07, 6.45) is 6.33. The summed E-state index contributed by atoms with van der Waals surface area (Å²) in [5, 5.41) is 3.09. The Morgan fingerprint density at radius 2 is 2.07 bits per heavy atom. The molecule has 1 rings (SSSR count). The molecule has 0 aromatic rings. The van der Waals surface area contributed by atoms with E-state index in [1.165, 1.54) is 12.8 Å². The van der Waals surface area contributed by atoms with Crippen LogP contribution >= 0.6 is 11.6 Å². The molecule has 1 fully saturated rings. The molecule has 1 saturated carbocycles. The largest absolute Gasteiger partial charge is 0.353 e. The number of nitrogens with one attached hydrogen (secondary N) is 1. The van der Waals surface area contributed by atoms with Crippen LogP contribution in [0.25, 0.3) is 0 Å². The maximum atomic E-state index is 12.1. The quantitative estimate of drug-likeness (QED) is 0.724. The molecule has 0 aliphatic heterocycles. The molecule has 2 nitrogen and oxygen atoms in total. The van der Waals surface area contributed by atoms with Crippen molar-refractivity contribution in [1.82, 2.24) is 5.32 Å². The Kier molecular flexibility index (Phi) is 4.91. The Labute approximate surface area is 97.8 Å². The number of halogens is 1. The van der Waals surface area contributed by atoms with Crippen LogP contribution in [0.3, 0.4) is 0 Å². The summed E-state index contributed by atoms with van der Waals surface area (Å²) >= 11 is 5.66. The molecule has 0 radical (unpaired) electrons. The highest BCUT2D eigenvalue weighted by molar-refractivity contribution is 6.17. The van der Waals surface area contributed by atoms with Gasteiger partial charge in [0.15, 0.2) is 0 Å². The summed E-state index contributed by atoms with van der Waals surface area (Å²) in [5.41, 5.74) is -0.0689. The summed E-state index contributed by atoms with van der Waals surface area (Å²) in [4.78, 5) is 12.1. The van der Waals surface area contributed by atoms with E-state index in [0.29, 0.717) is 5.88 Å². The Hall–Kier alpha value is -0.240. The van der Waals surface area contributed by atoms with E-state index in [-0.39, 0.29) is 17.4 Å². The lowest BCUT2D eigenvalue weighted by Crippen LogP contribution is -2.43. The molecule has 1 aliphatic rings. The Morgan fingerprint density at radius 1 is 1.47 bits per heavy atom. The molecule has 0 aromatic heterocycles. The van der Waals surface area contributed by atoms with Gasteiger partial charge in [-0.1, -0.05) is 19.8 Å². The zero-order valence-electron chi connectivity index (χ0n) is 9.81. The molecule has 88 valence electrons. The number of rotatable bonds is 5. The standard InChI is InChI=1S/C12H22ClNO/c1-3-12(7-4-5-8-12)11(15)14-10(2)6-9-13/h10H,3-9H2,1-2H3,(H,14,15). The predicted molar refractivity (Wildman–Crippen MR) is 64.1 cm³/mol. The first-order valence-electron chi connectivity index (χ1n) is 6.01. The van der Waals surface area contributed by atoms with Crippen LogP contribution in [0, 0.1) is 5.41 Å². The van der Waals surface area contributed by atoms with Crippen molar-refractivity contribution in [3.63, 3.8) is 0 Å². The molecule has 1 unspecified atom stereocenters. The number of carbonyl (C=O) groups excluding carboxylic acids is 1. The molecule has 1 N–H and O–H groups in total. The van der Waals surface area contributed by atoms with Crippen LogP contribution in [0.4, 0.5) is 0 Å². The monoisotopic (exact) mass is 231 g/mol. The van der Waals surface area contributed by atoms with Crippen LogP contribution in [-0.4, -0.2) is 17.8 Å². The van der Waals surface area contributed by atoms with Gasteiger partial charge in [0.25, 0.3) is 0 Å². The van der Waals surface area contributed by atoms with Crippen molar-refractivity contribution in [3.05, 3.63) is 0 Å². The van der Waals surface area contributed by atoms with Gasteiger partial charge in [-0.3, -0.25) is 4.79 Å². The Balaban J connectivity index is 2.50. The van der Waals surface area contributed by atoms with Gasteiger partial charge in [-0.25, -0.2) is 0 Å². The average molecular weight is 232 g/mol. The highest BCUT2D eigenvalue weighted by Crippen LogP contribution is 2.41. The summed E-state index contributed by atoms with van der Waals surface area (Å²) in [6.45, 7) is 4.15. The van der Waals surface area contributed by atoms with Crippen molar-refractivity contribution in [1.29, 1.82) is 0 Å². The van der Waals surface area contributed by atoms with E-state index in [9.17, 15) is 4.79 Å². The van der Waals surface area contributed by atoms with E-state index in [0.717, 1.165) is 25.7 Å². The average Bonchev–Trinajstić information content (AvgIpc) is 2.67. The molecule has 1 aliphatic carbocycles. The molecule has 0 saturated heterocycles. The molecule has 1 atom stereocenters. The third kappa shape index (κ3) is 3.10. The van der Waals surface area contributed by atoms with Crippen LogP contribution < -0.4 is 5.32 Å². The van der Waals surface area contributed by atoms with E-state index in [2.05, 4.69) is 12.2 Å². The molecule has 3 heteroatoms. The van der Waals surface area contributed by atoms with Crippen LogP contribution in [0.2, 0.25) is 0 Å². The summed E-state index contributed by atoms with van der Waals surface area (Å²) in [6, 6.07) is 0.207. The Morgan fingerprint density at radius 3 is 2.53 bits per heavy atom. The van der Waals surface area contributed by atoms with Gasteiger partial charge in [-0.15, -0.1) is 11.6 Å². The van der Waals surface area contributed by atoms with Crippen LogP contribution in [0.15, 0.2) is 0 Å². The van der Waals surface area contributed by atoms with Crippen molar-refractivity contribution >= 4 is 17.5 Å². The second-order valence-electron chi connectivity index (χ2n) is 4.69. The summed E-state index contributed by atoms with van der Waals surface area (Å²) < 4.78 is 0. The smallest absolute Gasteiger partial charge is 0.226 e. The lowest BCUT2D eigenvalue weighted by atomic mass is 9.82. The van der Waals surface area contributed by atoms with E-state index in [1.54, 1.807) is 0 Å². The minimum atomic E-state index is -0.0689. The highest BCUT2D eigenvalue weighted by atomic mass is 35.5. The number of carbonyl (C=O) groups is 1. The second-order valence-corrected chi connectivity index (χ2v) is 5.07. The molecule has 0 bridgehead atoms. The fourth-order valence-electron chi connectivity index (χ4n) is 2.41. The van der Waals surface area contributed by atoms with Crippen LogP contribution in [-0.2, 0) is 4.79 Å². The Bertz CT molecular complexity index is 212. The molecule has 1 amide bonds. The highest BCUT2D eigenvalue weighted by Gasteiger charge is 2.39. The van der Waals surface area contributed by atoms with E-state index in [1.807, 2.05) is 6.92 Å². The first kappa shape index (κ1) is 12.8. The van der Waals surface area contributed by atoms with Gasteiger partial charge < -0.3 is 5.32 Å². The normalized spacial score (nSPS) is 21.3. The molecular weight excluding hydrogens is 210 g/mol. The number of hydrogen-bond acceptors (Lipinski definition) is 1. The minimum absolute atomic E-state index is 0.0689. The minimum Gasteiger partial charge on any atom is -0.353 e. The summed E-state index contributed by atoms with van der Waals surface area (Å²) in [7, 11) is 0. The third-order valence-electron chi connectivity index (χ3n) is 3.64.